The molecule has 3 N–H and O–H groups in total. The molecule has 11 nitrogen and oxygen atoms in total. The van der Waals surface area contributed by atoms with Gasteiger partial charge in [-0.2, -0.15) is 10.4 Å². The summed E-state index contributed by atoms with van der Waals surface area (Å²) in [5, 5.41) is 24.6. The van der Waals surface area contributed by atoms with Gasteiger partial charge in [0.25, 0.3) is 0 Å². The molecular weight excluding hydrogens is 377 g/mol. The Bertz CT molecular complexity index is 973. The van der Waals surface area contributed by atoms with Gasteiger partial charge in [-0.15, -0.1) is 0 Å². The average molecular weight is 395 g/mol. The van der Waals surface area contributed by atoms with E-state index in [0.717, 1.165) is 0 Å². The summed E-state index contributed by atoms with van der Waals surface area (Å²) >= 11 is 0. The molecule has 2 saturated heterocycles. The van der Waals surface area contributed by atoms with Crippen molar-refractivity contribution in [3.63, 3.8) is 0 Å². The van der Waals surface area contributed by atoms with Gasteiger partial charge in [-0.1, -0.05) is 0 Å². The van der Waals surface area contributed by atoms with E-state index in [1.54, 1.807) is 26.0 Å². The summed E-state index contributed by atoms with van der Waals surface area (Å²) in [6, 6.07) is 5.30. The van der Waals surface area contributed by atoms with E-state index < -0.39 is 37.8 Å². The molecule has 2 aromatic heterocycles. The minimum absolute atomic E-state index is 0.255. The fourth-order valence-electron chi connectivity index (χ4n) is 3.27. The Morgan fingerprint density at radius 1 is 1.56 bits per heavy atom. The van der Waals surface area contributed by atoms with Crippen molar-refractivity contribution in [2.75, 3.05) is 12.3 Å². The number of fused-ring (bicyclic) bond motifs is 2. The predicted molar refractivity (Wildman–Crippen MR) is 90.2 cm³/mol. The van der Waals surface area contributed by atoms with Gasteiger partial charge in [-0.25, -0.2) is 14.1 Å². The summed E-state index contributed by atoms with van der Waals surface area (Å²) in [4.78, 5) is 3.91. The van der Waals surface area contributed by atoms with Gasteiger partial charge in [0.1, 0.15) is 42.8 Å². The van der Waals surface area contributed by atoms with Crippen LogP contribution in [0.2, 0.25) is 0 Å². The Hall–Kier alpha value is -2.06. The van der Waals surface area contributed by atoms with Crippen molar-refractivity contribution in [3.05, 3.63) is 24.2 Å². The topological polar surface area (TPSA) is 154 Å². The fraction of sp³-hybridized carbons (Fsp3) is 0.533. The molecule has 2 aromatic rings. The highest BCUT2D eigenvalue weighted by Crippen LogP contribution is 2.60. The first kappa shape index (κ1) is 18.3. The highest BCUT2D eigenvalue weighted by atomic mass is 31.2. The molecule has 4 heterocycles. The van der Waals surface area contributed by atoms with E-state index in [4.69, 9.17) is 24.0 Å². The fourth-order valence-corrected chi connectivity index (χ4v) is 4.88. The molecule has 2 aliphatic heterocycles. The zero-order valence-electron chi connectivity index (χ0n) is 14.6. The lowest BCUT2D eigenvalue weighted by Crippen LogP contribution is -2.50. The van der Waals surface area contributed by atoms with Gasteiger partial charge in [-0.05, 0) is 26.0 Å². The molecule has 5 atom stereocenters. The van der Waals surface area contributed by atoms with E-state index in [-0.39, 0.29) is 12.4 Å². The zero-order valence-corrected chi connectivity index (χ0v) is 15.4. The highest BCUT2D eigenvalue weighted by Gasteiger charge is 2.63. The summed E-state index contributed by atoms with van der Waals surface area (Å²) < 4.78 is 35.8. The predicted octanol–water partition coefficient (Wildman–Crippen LogP) is 0.955. The normalized spacial score (nSPS) is 36.0. The number of hydrogen-bond donors (Lipinski definition) is 2. The molecule has 0 spiro atoms. The number of aliphatic hydroxyl groups is 1. The van der Waals surface area contributed by atoms with Gasteiger partial charge in [-0.3, -0.25) is 13.6 Å². The van der Waals surface area contributed by atoms with E-state index in [2.05, 4.69) is 10.1 Å². The van der Waals surface area contributed by atoms with Crippen LogP contribution in [0.4, 0.5) is 5.82 Å². The quantitative estimate of drug-likeness (QED) is 0.718. The molecule has 0 aromatic carbocycles. The van der Waals surface area contributed by atoms with Crippen LogP contribution >= 0.6 is 7.82 Å². The first-order valence-electron chi connectivity index (χ1n) is 8.25. The molecule has 0 radical (unpaired) electrons. The number of nitriles is 1. The number of hydrogen-bond acceptors (Lipinski definition) is 10. The van der Waals surface area contributed by atoms with Crippen molar-refractivity contribution in [1.29, 1.82) is 5.26 Å². The molecule has 0 saturated carbocycles. The molecule has 0 bridgehead atoms. The van der Waals surface area contributed by atoms with E-state index in [0.29, 0.717) is 11.2 Å². The van der Waals surface area contributed by atoms with E-state index in [9.17, 15) is 14.9 Å². The number of aliphatic hydroxyl groups excluding tert-OH is 1. The van der Waals surface area contributed by atoms with Gasteiger partial charge in [0.2, 0.25) is 5.60 Å². The van der Waals surface area contributed by atoms with Crippen molar-refractivity contribution >= 4 is 19.2 Å². The van der Waals surface area contributed by atoms with Crippen molar-refractivity contribution in [2.45, 2.75) is 43.9 Å². The first-order valence-corrected chi connectivity index (χ1v) is 9.71. The number of aromatic nitrogens is 3. The van der Waals surface area contributed by atoms with E-state index >= 15 is 0 Å². The number of nitrogen functional groups attached to an aromatic ring is 1. The number of phosphoric ester groups is 1. The van der Waals surface area contributed by atoms with Gasteiger partial charge in [0.15, 0.2) is 5.82 Å². The summed E-state index contributed by atoms with van der Waals surface area (Å²) in [5.41, 5.74) is 5.16. The summed E-state index contributed by atoms with van der Waals surface area (Å²) in [5.74, 6) is 0.255. The maximum atomic E-state index is 12.7. The number of anilines is 1. The lowest BCUT2D eigenvalue weighted by Gasteiger charge is -2.36. The number of rotatable bonds is 3. The van der Waals surface area contributed by atoms with Gasteiger partial charge >= 0.3 is 7.82 Å². The van der Waals surface area contributed by atoms with Crippen molar-refractivity contribution < 1.29 is 28.0 Å². The largest absolute Gasteiger partial charge is 0.475 e. The third kappa shape index (κ3) is 2.82. The van der Waals surface area contributed by atoms with Crippen molar-refractivity contribution in [2.24, 2.45) is 0 Å². The molecular formula is C15H18N5O6P. The van der Waals surface area contributed by atoms with Crippen LogP contribution in [0.15, 0.2) is 18.5 Å². The summed E-state index contributed by atoms with van der Waals surface area (Å²) in [6.07, 6.45) is -2.69. The lowest BCUT2D eigenvalue weighted by atomic mass is 9.96. The van der Waals surface area contributed by atoms with Gasteiger partial charge in [0, 0.05) is 0 Å². The Balaban J connectivity index is 1.71. The molecule has 12 heteroatoms. The second kappa shape index (κ2) is 6.24. The molecule has 27 heavy (non-hydrogen) atoms. The Labute approximate surface area is 154 Å². The lowest BCUT2D eigenvalue weighted by molar-refractivity contribution is -0.106. The first-order chi connectivity index (χ1) is 12.8. The molecule has 144 valence electrons. The molecule has 2 fully saturated rings. The van der Waals surface area contributed by atoms with E-state index in [1.807, 2.05) is 6.07 Å². The number of ether oxygens (including phenoxy) is 1. The highest BCUT2D eigenvalue weighted by molar-refractivity contribution is 7.48. The van der Waals surface area contributed by atoms with Gasteiger partial charge < -0.3 is 15.6 Å². The Morgan fingerprint density at radius 3 is 3.04 bits per heavy atom. The van der Waals surface area contributed by atoms with Crippen LogP contribution in [0, 0.1) is 11.3 Å². The van der Waals surface area contributed by atoms with Crippen molar-refractivity contribution in [1.82, 2.24) is 14.6 Å². The maximum absolute atomic E-state index is 12.7. The average Bonchev–Trinajstić information content (AvgIpc) is 3.15. The molecule has 0 amide bonds. The Morgan fingerprint density at radius 2 is 2.33 bits per heavy atom. The monoisotopic (exact) mass is 395 g/mol. The SMILES string of the molecule is CC(C)OP1(=O)OC[C@@]2(C#N)O[C@@H](c3ccc4c(N)ncnn34)[C@H](O)[C@@H]2O1. The van der Waals surface area contributed by atoms with Crippen LogP contribution in [0.3, 0.4) is 0 Å². The van der Waals surface area contributed by atoms with Crippen LogP contribution in [0.1, 0.15) is 25.6 Å². The smallest absolute Gasteiger partial charge is 0.387 e. The maximum Gasteiger partial charge on any atom is 0.475 e. The van der Waals surface area contributed by atoms with Crippen LogP contribution in [-0.4, -0.2) is 50.2 Å². The summed E-state index contributed by atoms with van der Waals surface area (Å²) in [6.45, 7) is 2.96. The third-order valence-corrected chi connectivity index (χ3v) is 6.04. The zero-order chi connectivity index (χ0) is 19.4. The number of phosphoric acid groups is 1. The number of nitrogens with two attached hydrogens (primary N) is 1. The van der Waals surface area contributed by atoms with E-state index in [1.165, 1.54) is 10.8 Å². The Kier molecular flexibility index (Phi) is 4.23. The van der Waals surface area contributed by atoms with Crippen LogP contribution in [0.5, 0.6) is 0 Å². The molecule has 1 unspecified atom stereocenters. The molecule has 2 aliphatic rings. The minimum Gasteiger partial charge on any atom is -0.387 e. The van der Waals surface area contributed by atoms with Gasteiger partial charge in [0.05, 0.1) is 11.8 Å². The number of nitrogens with zero attached hydrogens (tertiary/aromatic N) is 4. The van der Waals surface area contributed by atoms with Crippen molar-refractivity contribution in [3.8, 4) is 6.07 Å². The minimum atomic E-state index is -3.94. The molecule has 0 aliphatic carbocycles. The van der Waals surface area contributed by atoms with Crippen LogP contribution < -0.4 is 5.73 Å². The second-order valence-electron chi connectivity index (χ2n) is 6.63. The van der Waals surface area contributed by atoms with Crippen LogP contribution in [-0.2, 0) is 22.9 Å². The summed E-state index contributed by atoms with van der Waals surface area (Å²) in [7, 11) is -3.94. The third-order valence-electron chi connectivity index (χ3n) is 4.43. The molecule has 4 rings (SSSR count). The second-order valence-corrected chi connectivity index (χ2v) is 8.21. The standard InChI is InChI=1S/C15H18N5O6P/c1-8(2)25-27(22)23-6-15(5-16)13(26-27)11(21)12(24-15)9-3-4-10-14(17)18-7-19-20(9)10/h3-4,7-8,11-13,21H,6H2,1-2H3,(H2,17,18,19)/t11-,12-,13-,15+,27?/m0/s1. The van der Waals surface area contributed by atoms with Crippen LogP contribution in [0.25, 0.3) is 5.52 Å².